The second kappa shape index (κ2) is 6.21. The van der Waals surface area contributed by atoms with Gasteiger partial charge < -0.3 is 0 Å². The molecule has 0 spiro atoms. The summed E-state index contributed by atoms with van der Waals surface area (Å²) >= 11 is 5.13. The quantitative estimate of drug-likeness (QED) is 0.690. The molecule has 1 aromatic heterocycles. The van der Waals surface area contributed by atoms with Gasteiger partial charge in [-0.3, -0.25) is 4.79 Å². The maximum absolute atomic E-state index is 12.8. The Morgan fingerprint density at radius 2 is 1.96 bits per heavy atom. The summed E-state index contributed by atoms with van der Waals surface area (Å²) in [6, 6.07) is 12.2. The lowest BCUT2D eigenvalue weighted by Gasteiger charge is -2.28. The molecule has 1 aliphatic rings. The zero-order valence-electron chi connectivity index (χ0n) is 13.4. The van der Waals surface area contributed by atoms with Crippen molar-refractivity contribution < 1.29 is 4.79 Å². The Labute approximate surface area is 149 Å². The summed E-state index contributed by atoms with van der Waals surface area (Å²) in [5.41, 5.74) is 1.65. The molecular weight excluding hydrogens is 372 g/mol. The van der Waals surface area contributed by atoms with Crippen LogP contribution < -0.4 is 0 Å². The summed E-state index contributed by atoms with van der Waals surface area (Å²) in [7, 11) is 0. The number of hydrogen-bond acceptors (Lipinski definition) is 3. The van der Waals surface area contributed by atoms with Crippen molar-refractivity contribution in [2.24, 2.45) is 10.5 Å². The molecule has 0 saturated carbocycles. The van der Waals surface area contributed by atoms with Crippen LogP contribution in [0.4, 0.5) is 0 Å². The first kappa shape index (κ1) is 16.4. The van der Waals surface area contributed by atoms with Crippen LogP contribution in [0.2, 0.25) is 0 Å². The van der Waals surface area contributed by atoms with E-state index in [1.54, 1.807) is 16.3 Å². The lowest BCUT2D eigenvalue weighted by molar-refractivity contribution is -0.141. The van der Waals surface area contributed by atoms with Gasteiger partial charge in [-0.15, -0.1) is 11.3 Å². The highest BCUT2D eigenvalue weighted by molar-refractivity contribution is 9.10. The molecule has 1 amide bonds. The minimum absolute atomic E-state index is 0.0353. The standard InChI is InChI=1S/C18H19BrN2OS/c1-18(2,3)17(22)21-15(12-6-8-13(19)9-7-12)11-14(20-21)16-5-4-10-23-16/h4-10,15H,11H2,1-3H3/t15-/m0/s1. The predicted molar refractivity (Wildman–Crippen MR) is 98.7 cm³/mol. The molecule has 1 atom stereocenters. The van der Waals surface area contributed by atoms with Crippen LogP contribution in [0, 0.1) is 5.41 Å². The van der Waals surface area contributed by atoms with E-state index in [1.165, 1.54) is 0 Å². The Morgan fingerprint density at radius 1 is 1.26 bits per heavy atom. The van der Waals surface area contributed by atoms with Crippen molar-refractivity contribution in [3.63, 3.8) is 0 Å². The SMILES string of the molecule is CC(C)(C)C(=O)N1N=C(c2cccs2)C[C@H]1c1ccc(Br)cc1. The fraction of sp³-hybridized carbons (Fsp3) is 0.333. The first-order valence-electron chi connectivity index (χ1n) is 7.57. The van der Waals surface area contributed by atoms with Crippen molar-refractivity contribution in [3.05, 3.63) is 56.7 Å². The third kappa shape index (κ3) is 3.40. The first-order valence-corrected chi connectivity index (χ1v) is 9.24. The van der Waals surface area contributed by atoms with E-state index in [0.29, 0.717) is 0 Å². The average Bonchev–Trinajstić information content (AvgIpc) is 3.15. The zero-order valence-corrected chi connectivity index (χ0v) is 15.8. The third-order valence-electron chi connectivity index (χ3n) is 3.82. The number of hydrogen-bond donors (Lipinski definition) is 0. The van der Waals surface area contributed by atoms with Crippen molar-refractivity contribution >= 4 is 38.9 Å². The van der Waals surface area contributed by atoms with Crippen molar-refractivity contribution in [2.75, 3.05) is 0 Å². The minimum Gasteiger partial charge on any atom is -0.272 e. The highest BCUT2D eigenvalue weighted by Crippen LogP contribution is 2.36. The van der Waals surface area contributed by atoms with Gasteiger partial charge in [0.2, 0.25) is 5.91 Å². The van der Waals surface area contributed by atoms with Crippen LogP contribution in [-0.4, -0.2) is 16.6 Å². The van der Waals surface area contributed by atoms with Crippen LogP contribution in [0.15, 0.2) is 51.4 Å². The lowest BCUT2D eigenvalue weighted by atomic mass is 9.93. The number of hydrazone groups is 1. The molecular formula is C18H19BrN2OS. The summed E-state index contributed by atoms with van der Waals surface area (Å²) in [5, 5.41) is 8.40. The van der Waals surface area contributed by atoms with Gasteiger partial charge in [0.05, 0.1) is 16.6 Å². The minimum atomic E-state index is -0.456. The summed E-state index contributed by atoms with van der Waals surface area (Å²) in [6.45, 7) is 5.81. The number of carbonyl (C=O) groups is 1. The monoisotopic (exact) mass is 390 g/mol. The van der Waals surface area contributed by atoms with Crippen LogP contribution in [0.1, 0.15) is 43.7 Å². The van der Waals surface area contributed by atoms with Gasteiger partial charge in [0.1, 0.15) is 0 Å². The van der Waals surface area contributed by atoms with Gasteiger partial charge in [0.25, 0.3) is 0 Å². The van der Waals surface area contributed by atoms with Gasteiger partial charge in [0, 0.05) is 16.3 Å². The molecule has 0 fully saturated rings. The summed E-state index contributed by atoms with van der Waals surface area (Å²) < 4.78 is 1.03. The summed E-state index contributed by atoms with van der Waals surface area (Å²) in [4.78, 5) is 14.0. The van der Waals surface area contributed by atoms with Gasteiger partial charge in [-0.25, -0.2) is 5.01 Å². The predicted octanol–water partition coefficient (Wildman–Crippen LogP) is 5.23. The smallest absolute Gasteiger partial charge is 0.248 e. The largest absolute Gasteiger partial charge is 0.272 e. The van der Waals surface area contributed by atoms with Crippen molar-refractivity contribution in [3.8, 4) is 0 Å². The molecule has 3 nitrogen and oxygen atoms in total. The fourth-order valence-corrected chi connectivity index (χ4v) is 3.56. The molecule has 0 saturated heterocycles. The normalized spacial score (nSPS) is 18.2. The van der Waals surface area contributed by atoms with E-state index in [9.17, 15) is 4.79 Å². The van der Waals surface area contributed by atoms with Crippen molar-refractivity contribution in [2.45, 2.75) is 33.2 Å². The third-order valence-corrected chi connectivity index (χ3v) is 5.27. The number of benzene rings is 1. The van der Waals surface area contributed by atoms with Crippen LogP contribution >= 0.6 is 27.3 Å². The first-order chi connectivity index (χ1) is 10.9. The zero-order chi connectivity index (χ0) is 16.6. The number of nitrogens with zero attached hydrogens (tertiary/aromatic N) is 2. The van der Waals surface area contributed by atoms with Gasteiger partial charge in [0.15, 0.2) is 0 Å². The van der Waals surface area contributed by atoms with E-state index in [1.807, 2.05) is 44.4 Å². The van der Waals surface area contributed by atoms with Crippen molar-refractivity contribution in [1.29, 1.82) is 0 Å². The molecule has 5 heteroatoms. The number of amides is 1. The van der Waals surface area contributed by atoms with Gasteiger partial charge in [-0.05, 0) is 29.1 Å². The molecule has 120 valence electrons. The Morgan fingerprint density at radius 3 is 2.52 bits per heavy atom. The van der Waals surface area contributed by atoms with E-state index in [0.717, 1.165) is 27.0 Å². The lowest BCUT2D eigenvalue weighted by Crippen LogP contribution is -2.36. The second-order valence-corrected chi connectivity index (χ2v) is 8.56. The molecule has 1 aromatic carbocycles. The van der Waals surface area contributed by atoms with Crippen molar-refractivity contribution in [1.82, 2.24) is 5.01 Å². The summed E-state index contributed by atoms with van der Waals surface area (Å²) in [5.74, 6) is 0.0528. The van der Waals surface area contributed by atoms with E-state index >= 15 is 0 Å². The van der Waals surface area contributed by atoms with E-state index in [4.69, 9.17) is 0 Å². The van der Waals surface area contributed by atoms with Crippen LogP contribution in [0.3, 0.4) is 0 Å². The molecule has 23 heavy (non-hydrogen) atoms. The molecule has 1 aliphatic heterocycles. The Hall–Kier alpha value is -1.46. The highest BCUT2D eigenvalue weighted by Gasteiger charge is 2.38. The maximum Gasteiger partial charge on any atom is 0.248 e. The molecule has 0 N–H and O–H groups in total. The maximum atomic E-state index is 12.8. The van der Waals surface area contributed by atoms with Crippen LogP contribution in [0.5, 0.6) is 0 Å². The topological polar surface area (TPSA) is 32.7 Å². The highest BCUT2D eigenvalue weighted by atomic mass is 79.9. The molecule has 0 unspecified atom stereocenters. The number of carbonyl (C=O) groups excluding carboxylic acids is 1. The molecule has 2 aromatic rings. The number of halogens is 1. The fourth-order valence-electron chi connectivity index (χ4n) is 2.58. The van der Waals surface area contributed by atoms with Crippen LogP contribution in [0.25, 0.3) is 0 Å². The Balaban J connectivity index is 1.98. The Bertz CT molecular complexity index is 729. The number of thiophene rings is 1. The van der Waals surface area contributed by atoms with Gasteiger partial charge in [-0.1, -0.05) is 54.9 Å². The molecule has 3 rings (SSSR count). The Kier molecular flexibility index (Phi) is 4.43. The summed E-state index contributed by atoms with van der Waals surface area (Å²) in [6.07, 6.45) is 0.754. The van der Waals surface area contributed by atoms with Gasteiger partial charge in [-0.2, -0.15) is 5.10 Å². The second-order valence-electron chi connectivity index (χ2n) is 6.70. The molecule has 0 bridgehead atoms. The van der Waals surface area contributed by atoms with E-state index in [2.05, 4.69) is 39.2 Å². The van der Waals surface area contributed by atoms with E-state index in [-0.39, 0.29) is 11.9 Å². The van der Waals surface area contributed by atoms with Gasteiger partial charge >= 0.3 is 0 Å². The number of rotatable bonds is 2. The average molecular weight is 391 g/mol. The molecule has 0 radical (unpaired) electrons. The molecule has 0 aliphatic carbocycles. The van der Waals surface area contributed by atoms with E-state index < -0.39 is 5.41 Å². The van der Waals surface area contributed by atoms with Crippen LogP contribution in [-0.2, 0) is 4.79 Å². The molecule has 2 heterocycles.